The van der Waals surface area contributed by atoms with Crippen molar-refractivity contribution in [1.82, 2.24) is 4.98 Å². The third-order valence-electron chi connectivity index (χ3n) is 2.77. The lowest BCUT2D eigenvalue weighted by Gasteiger charge is -2.16. The summed E-state index contributed by atoms with van der Waals surface area (Å²) in [6, 6.07) is 10.8. The van der Waals surface area contributed by atoms with Crippen molar-refractivity contribution in [2.45, 2.75) is 12.8 Å². The first-order valence-corrected chi connectivity index (χ1v) is 6.42. The van der Waals surface area contributed by atoms with Gasteiger partial charge in [-0.2, -0.15) is 0 Å². The van der Waals surface area contributed by atoms with Gasteiger partial charge in [-0.15, -0.1) is 0 Å². The molecule has 0 N–H and O–H groups in total. The number of benzene rings is 1. The van der Waals surface area contributed by atoms with Crippen molar-refractivity contribution in [3.63, 3.8) is 0 Å². The quantitative estimate of drug-likeness (QED) is 0.803. The number of aromatic nitrogens is 1. The molecule has 0 amide bonds. The number of nitrogens with zero attached hydrogens (tertiary/aromatic N) is 1. The van der Waals surface area contributed by atoms with Crippen molar-refractivity contribution in [2.75, 3.05) is 6.61 Å². The summed E-state index contributed by atoms with van der Waals surface area (Å²) >= 11 is 5.88. The zero-order chi connectivity index (χ0) is 13.7. The van der Waals surface area contributed by atoms with Gasteiger partial charge >= 0.3 is 5.97 Å². The van der Waals surface area contributed by atoms with Crippen LogP contribution < -0.4 is 0 Å². The maximum absolute atomic E-state index is 12.2. The third-order valence-corrected chi connectivity index (χ3v) is 3.02. The number of esters is 1. The van der Waals surface area contributed by atoms with Crippen LogP contribution >= 0.6 is 11.6 Å². The van der Waals surface area contributed by atoms with Crippen LogP contribution in [0.1, 0.15) is 24.0 Å². The summed E-state index contributed by atoms with van der Waals surface area (Å²) in [5, 5.41) is 0.640. The van der Waals surface area contributed by atoms with Crippen LogP contribution in [0, 0.1) is 0 Å². The summed E-state index contributed by atoms with van der Waals surface area (Å²) in [6.45, 7) is 2.15. The van der Waals surface area contributed by atoms with Crippen LogP contribution in [0.4, 0.5) is 0 Å². The van der Waals surface area contributed by atoms with E-state index in [-0.39, 0.29) is 5.97 Å². The van der Waals surface area contributed by atoms with Gasteiger partial charge in [-0.05, 0) is 42.3 Å². The minimum atomic E-state index is -0.444. The molecule has 2 aromatic rings. The van der Waals surface area contributed by atoms with E-state index < -0.39 is 5.92 Å². The highest BCUT2D eigenvalue weighted by molar-refractivity contribution is 6.30. The summed E-state index contributed by atoms with van der Waals surface area (Å²) < 4.78 is 5.15. The van der Waals surface area contributed by atoms with Crippen molar-refractivity contribution in [2.24, 2.45) is 0 Å². The highest BCUT2D eigenvalue weighted by Gasteiger charge is 2.23. The number of ether oxygens (including phenoxy) is 1. The number of rotatable bonds is 4. The standard InChI is InChI=1S/C15H14ClNO2/c1-2-19-15(18)14(12-7-9-17-10-8-12)11-3-5-13(16)6-4-11/h3-10,14H,2H2,1H3. The van der Waals surface area contributed by atoms with E-state index in [0.29, 0.717) is 11.6 Å². The van der Waals surface area contributed by atoms with E-state index in [4.69, 9.17) is 16.3 Å². The average Bonchev–Trinajstić information content (AvgIpc) is 2.43. The van der Waals surface area contributed by atoms with Crippen LogP contribution in [0.5, 0.6) is 0 Å². The first-order valence-electron chi connectivity index (χ1n) is 6.04. The molecule has 0 bridgehead atoms. The zero-order valence-corrected chi connectivity index (χ0v) is 11.3. The van der Waals surface area contributed by atoms with E-state index in [9.17, 15) is 4.79 Å². The van der Waals surface area contributed by atoms with Crippen LogP contribution in [-0.2, 0) is 9.53 Å². The molecule has 4 heteroatoms. The van der Waals surface area contributed by atoms with E-state index in [1.54, 1.807) is 31.5 Å². The molecule has 0 aliphatic carbocycles. The van der Waals surface area contributed by atoms with Gasteiger partial charge in [-0.1, -0.05) is 23.7 Å². The second kappa shape index (κ2) is 6.34. The van der Waals surface area contributed by atoms with Crippen LogP contribution in [0.25, 0.3) is 0 Å². The fraction of sp³-hybridized carbons (Fsp3) is 0.200. The van der Waals surface area contributed by atoms with E-state index >= 15 is 0 Å². The second-order valence-corrected chi connectivity index (χ2v) is 4.45. The largest absolute Gasteiger partial charge is 0.465 e. The Balaban J connectivity index is 2.40. The van der Waals surface area contributed by atoms with E-state index in [1.807, 2.05) is 24.3 Å². The monoisotopic (exact) mass is 275 g/mol. The van der Waals surface area contributed by atoms with Crippen molar-refractivity contribution < 1.29 is 9.53 Å². The topological polar surface area (TPSA) is 39.2 Å². The van der Waals surface area contributed by atoms with Gasteiger partial charge in [0.1, 0.15) is 5.92 Å². The Bertz CT molecular complexity index is 540. The van der Waals surface area contributed by atoms with Crippen LogP contribution in [0.3, 0.4) is 0 Å². The van der Waals surface area contributed by atoms with Gasteiger partial charge in [-0.3, -0.25) is 9.78 Å². The number of pyridine rings is 1. The molecule has 1 unspecified atom stereocenters. The summed E-state index contributed by atoms with van der Waals surface area (Å²) in [5.74, 6) is -0.712. The minimum Gasteiger partial charge on any atom is -0.465 e. The zero-order valence-electron chi connectivity index (χ0n) is 10.5. The van der Waals surface area contributed by atoms with E-state index in [0.717, 1.165) is 11.1 Å². The molecule has 0 saturated heterocycles. The second-order valence-electron chi connectivity index (χ2n) is 4.02. The van der Waals surface area contributed by atoms with Crippen LogP contribution in [-0.4, -0.2) is 17.6 Å². The molecule has 0 spiro atoms. The number of hydrogen-bond acceptors (Lipinski definition) is 3. The molecule has 0 radical (unpaired) electrons. The predicted octanol–water partition coefficient (Wildman–Crippen LogP) is 3.43. The van der Waals surface area contributed by atoms with Gasteiger partial charge < -0.3 is 4.74 Å². The fourth-order valence-electron chi connectivity index (χ4n) is 1.90. The maximum Gasteiger partial charge on any atom is 0.317 e. The Kier molecular flexibility index (Phi) is 4.53. The lowest BCUT2D eigenvalue weighted by Crippen LogP contribution is -2.17. The Morgan fingerprint density at radius 3 is 2.32 bits per heavy atom. The Morgan fingerprint density at radius 1 is 1.16 bits per heavy atom. The number of halogens is 1. The molecule has 0 aliphatic rings. The van der Waals surface area contributed by atoms with E-state index in [2.05, 4.69) is 4.98 Å². The summed E-state index contributed by atoms with van der Waals surface area (Å²) in [5.41, 5.74) is 1.71. The molecule has 3 nitrogen and oxygen atoms in total. The molecule has 1 atom stereocenters. The number of hydrogen-bond donors (Lipinski definition) is 0. The molecule has 19 heavy (non-hydrogen) atoms. The molecule has 1 aromatic carbocycles. The highest BCUT2D eigenvalue weighted by Crippen LogP contribution is 2.26. The maximum atomic E-state index is 12.2. The smallest absolute Gasteiger partial charge is 0.317 e. The van der Waals surface area contributed by atoms with Gasteiger partial charge in [0.2, 0.25) is 0 Å². The lowest BCUT2D eigenvalue weighted by molar-refractivity contribution is -0.143. The van der Waals surface area contributed by atoms with Gasteiger partial charge in [0.05, 0.1) is 6.61 Å². The van der Waals surface area contributed by atoms with Gasteiger partial charge in [-0.25, -0.2) is 0 Å². The summed E-state index contributed by atoms with van der Waals surface area (Å²) in [6.07, 6.45) is 3.33. The molecular formula is C15H14ClNO2. The minimum absolute atomic E-state index is 0.268. The molecule has 0 fully saturated rings. The first kappa shape index (κ1) is 13.6. The Morgan fingerprint density at radius 2 is 1.74 bits per heavy atom. The Hall–Kier alpha value is -1.87. The molecule has 1 heterocycles. The van der Waals surface area contributed by atoms with Crippen molar-refractivity contribution >= 4 is 17.6 Å². The highest BCUT2D eigenvalue weighted by atomic mass is 35.5. The molecular weight excluding hydrogens is 262 g/mol. The summed E-state index contributed by atoms with van der Waals surface area (Å²) in [7, 11) is 0. The van der Waals surface area contributed by atoms with Crippen LogP contribution in [0.2, 0.25) is 5.02 Å². The summed E-state index contributed by atoms with van der Waals surface area (Å²) in [4.78, 5) is 16.1. The molecule has 0 saturated carbocycles. The van der Waals surface area contributed by atoms with Gasteiger partial charge in [0.15, 0.2) is 0 Å². The molecule has 2 rings (SSSR count). The number of carbonyl (C=O) groups excluding carboxylic acids is 1. The van der Waals surface area contributed by atoms with Gasteiger partial charge in [0, 0.05) is 17.4 Å². The normalized spacial score (nSPS) is 11.9. The number of carbonyl (C=O) groups is 1. The third kappa shape index (κ3) is 3.32. The fourth-order valence-corrected chi connectivity index (χ4v) is 2.03. The molecule has 98 valence electrons. The lowest BCUT2D eigenvalue weighted by atomic mass is 9.92. The van der Waals surface area contributed by atoms with Gasteiger partial charge in [0.25, 0.3) is 0 Å². The molecule has 0 aliphatic heterocycles. The Labute approximate surface area is 117 Å². The first-order chi connectivity index (χ1) is 9.22. The van der Waals surface area contributed by atoms with E-state index in [1.165, 1.54) is 0 Å². The van der Waals surface area contributed by atoms with Crippen molar-refractivity contribution in [1.29, 1.82) is 0 Å². The SMILES string of the molecule is CCOC(=O)C(c1ccncc1)c1ccc(Cl)cc1. The van der Waals surface area contributed by atoms with Crippen LogP contribution in [0.15, 0.2) is 48.8 Å². The molecule has 1 aromatic heterocycles. The van der Waals surface area contributed by atoms with Crippen molar-refractivity contribution in [3.05, 3.63) is 64.9 Å². The predicted molar refractivity (Wildman–Crippen MR) is 74.2 cm³/mol. The average molecular weight is 276 g/mol. The van der Waals surface area contributed by atoms with Crippen molar-refractivity contribution in [3.8, 4) is 0 Å².